The lowest BCUT2D eigenvalue weighted by Gasteiger charge is -2.24. The number of likely N-dealkylation sites (tertiary alicyclic amines) is 1. The highest BCUT2D eigenvalue weighted by atomic mass is 19.1. The van der Waals surface area contributed by atoms with E-state index in [4.69, 9.17) is 4.52 Å². The first-order valence-corrected chi connectivity index (χ1v) is 7.06. The van der Waals surface area contributed by atoms with E-state index in [0.29, 0.717) is 6.04 Å². The number of halogens is 1. The normalized spacial score (nSPS) is 19.6. The molecule has 0 saturated carbocycles. The lowest BCUT2D eigenvalue weighted by molar-refractivity contribution is 0.245. The summed E-state index contributed by atoms with van der Waals surface area (Å²) in [6.07, 6.45) is 2.31. The molecule has 0 spiro atoms. The fraction of sp³-hybridized carbons (Fsp3) is 0.438. The summed E-state index contributed by atoms with van der Waals surface area (Å²) in [4.78, 5) is 2.43. The molecule has 0 bridgehead atoms. The molecular weight excluding hydrogens is 255 g/mol. The Hall–Kier alpha value is -1.68. The molecule has 0 N–H and O–H groups in total. The molecule has 1 aromatic heterocycles. The van der Waals surface area contributed by atoms with Crippen molar-refractivity contribution in [2.75, 3.05) is 6.54 Å². The second-order valence-electron chi connectivity index (χ2n) is 5.49. The molecule has 1 saturated heterocycles. The average molecular weight is 274 g/mol. The van der Waals surface area contributed by atoms with Crippen LogP contribution < -0.4 is 0 Å². The first-order valence-electron chi connectivity index (χ1n) is 7.06. The summed E-state index contributed by atoms with van der Waals surface area (Å²) in [6, 6.07) is 7.13. The molecule has 4 heteroatoms. The van der Waals surface area contributed by atoms with Crippen molar-refractivity contribution in [3.05, 3.63) is 52.7 Å². The molecule has 3 nitrogen and oxygen atoms in total. The molecule has 1 aliphatic rings. The Bertz CT molecular complexity index is 572. The minimum Gasteiger partial charge on any atom is -0.361 e. The van der Waals surface area contributed by atoms with Crippen molar-refractivity contribution in [2.24, 2.45) is 0 Å². The first kappa shape index (κ1) is 13.3. The summed E-state index contributed by atoms with van der Waals surface area (Å²) in [5.41, 5.74) is 3.35. The van der Waals surface area contributed by atoms with Crippen molar-refractivity contribution < 1.29 is 8.91 Å². The van der Waals surface area contributed by atoms with Gasteiger partial charge in [0.15, 0.2) is 0 Å². The molecule has 0 amide bonds. The molecule has 0 aliphatic carbocycles. The standard InChI is InChI=1S/C16H19FN2O/c1-11-16(12(2)20-18-11)15-4-3-9-19(15)10-13-5-7-14(17)8-6-13/h5-8,15H,3-4,9-10H2,1-2H3. The Balaban J connectivity index is 1.81. The molecule has 3 rings (SSSR count). The van der Waals surface area contributed by atoms with Crippen LogP contribution in [0.3, 0.4) is 0 Å². The van der Waals surface area contributed by atoms with Crippen LogP contribution in [0.2, 0.25) is 0 Å². The first-order chi connectivity index (χ1) is 9.65. The molecule has 20 heavy (non-hydrogen) atoms. The molecule has 0 radical (unpaired) electrons. The maximum absolute atomic E-state index is 13.0. The Kier molecular flexibility index (Phi) is 3.57. The van der Waals surface area contributed by atoms with Gasteiger partial charge in [-0.3, -0.25) is 4.90 Å². The van der Waals surface area contributed by atoms with Crippen molar-refractivity contribution in [3.63, 3.8) is 0 Å². The smallest absolute Gasteiger partial charge is 0.138 e. The van der Waals surface area contributed by atoms with Gasteiger partial charge < -0.3 is 4.52 Å². The summed E-state index contributed by atoms with van der Waals surface area (Å²) >= 11 is 0. The maximum Gasteiger partial charge on any atom is 0.138 e. The van der Waals surface area contributed by atoms with E-state index in [-0.39, 0.29) is 5.82 Å². The van der Waals surface area contributed by atoms with E-state index in [1.807, 2.05) is 26.0 Å². The number of aromatic nitrogens is 1. The van der Waals surface area contributed by atoms with E-state index < -0.39 is 0 Å². The van der Waals surface area contributed by atoms with Crippen LogP contribution in [0.1, 0.15) is 41.5 Å². The number of benzene rings is 1. The Morgan fingerprint density at radius 3 is 2.70 bits per heavy atom. The van der Waals surface area contributed by atoms with Crippen LogP contribution in [-0.4, -0.2) is 16.6 Å². The van der Waals surface area contributed by atoms with Crippen LogP contribution in [0.25, 0.3) is 0 Å². The molecule has 1 fully saturated rings. The average Bonchev–Trinajstić information content (AvgIpc) is 2.99. The highest BCUT2D eigenvalue weighted by Crippen LogP contribution is 2.36. The molecule has 2 heterocycles. The van der Waals surface area contributed by atoms with Crippen LogP contribution in [0.15, 0.2) is 28.8 Å². The SMILES string of the molecule is Cc1noc(C)c1C1CCCN1Cc1ccc(F)cc1. The molecule has 106 valence electrons. The van der Waals surface area contributed by atoms with Gasteiger partial charge in [0, 0.05) is 18.2 Å². The molecule has 1 aliphatic heterocycles. The van der Waals surface area contributed by atoms with Gasteiger partial charge in [0.2, 0.25) is 0 Å². The third-order valence-corrected chi connectivity index (χ3v) is 4.08. The van der Waals surface area contributed by atoms with Crippen molar-refractivity contribution in [1.82, 2.24) is 10.1 Å². The zero-order valence-electron chi connectivity index (χ0n) is 11.9. The summed E-state index contributed by atoms with van der Waals surface area (Å²) in [5, 5.41) is 4.06. The number of rotatable bonds is 3. The van der Waals surface area contributed by atoms with Crippen LogP contribution in [0, 0.1) is 19.7 Å². The van der Waals surface area contributed by atoms with E-state index >= 15 is 0 Å². The quantitative estimate of drug-likeness (QED) is 0.853. The van der Waals surface area contributed by atoms with Crippen molar-refractivity contribution in [3.8, 4) is 0 Å². The number of hydrogen-bond acceptors (Lipinski definition) is 3. The van der Waals surface area contributed by atoms with Crippen LogP contribution in [0.5, 0.6) is 0 Å². The molecule has 1 atom stereocenters. The predicted molar refractivity (Wildman–Crippen MR) is 74.8 cm³/mol. The Labute approximate surface area is 118 Å². The molecule has 2 aromatic rings. The highest BCUT2D eigenvalue weighted by molar-refractivity contribution is 5.26. The van der Waals surface area contributed by atoms with Gasteiger partial charge in [0.05, 0.1) is 5.69 Å². The van der Waals surface area contributed by atoms with Gasteiger partial charge in [0.25, 0.3) is 0 Å². The van der Waals surface area contributed by atoms with E-state index in [2.05, 4.69) is 10.1 Å². The monoisotopic (exact) mass is 274 g/mol. The fourth-order valence-corrected chi connectivity index (χ4v) is 3.13. The number of nitrogens with zero attached hydrogens (tertiary/aromatic N) is 2. The van der Waals surface area contributed by atoms with Crippen LogP contribution in [-0.2, 0) is 6.54 Å². The van der Waals surface area contributed by atoms with Crippen molar-refractivity contribution in [1.29, 1.82) is 0 Å². The van der Waals surface area contributed by atoms with E-state index in [1.54, 1.807) is 0 Å². The van der Waals surface area contributed by atoms with E-state index in [1.165, 1.54) is 24.1 Å². The van der Waals surface area contributed by atoms with Gasteiger partial charge >= 0.3 is 0 Å². The van der Waals surface area contributed by atoms with Gasteiger partial charge in [-0.1, -0.05) is 17.3 Å². The van der Waals surface area contributed by atoms with Crippen LogP contribution >= 0.6 is 0 Å². The van der Waals surface area contributed by atoms with Gasteiger partial charge in [-0.15, -0.1) is 0 Å². The minimum absolute atomic E-state index is 0.183. The summed E-state index contributed by atoms with van der Waals surface area (Å²) in [7, 11) is 0. The van der Waals surface area contributed by atoms with Crippen molar-refractivity contribution >= 4 is 0 Å². The molecule has 1 unspecified atom stereocenters. The second-order valence-corrected chi connectivity index (χ2v) is 5.49. The van der Waals surface area contributed by atoms with Gasteiger partial charge in [-0.05, 0) is 50.9 Å². The summed E-state index contributed by atoms with van der Waals surface area (Å²) in [6.45, 7) is 5.88. The predicted octanol–water partition coefficient (Wildman–Crippen LogP) is 3.77. The molecule has 1 aromatic carbocycles. The highest BCUT2D eigenvalue weighted by Gasteiger charge is 2.30. The third-order valence-electron chi connectivity index (χ3n) is 4.08. The lowest BCUT2D eigenvalue weighted by atomic mass is 10.0. The summed E-state index contributed by atoms with van der Waals surface area (Å²) < 4.78 is 18.3. The third kappa shape index (κ3) is 2.48. The zero-order valence-corrected chi connectivity index (χ0v) is 11.9. The second kappa shape index (κ2) is 5.37. The molecular formula is C16H19FN2O. The van der Waals surface area contributed by atoms with Crippen molar-refractivity contribution in [2.45, 2.75) is 39.3 Å². The summed E-state index contributed by atoms with van der Waals surface area (Å²) in [5.74, 6) is 0.732. The van der Waals surface area contributed by atoms with Gasteiger partial charge in [-0.25, -0.2) is 4.39 Å². The topological polar surface area (TPSA) is 29.3 Å². The van der Waals surface area contributed by atoms with Crippen LogP contribution in [0.4, 0.5) is 4.39 Å². The minimum atomic E-state index is -0.183. The Morgan fingerprint density at radius 2 is 2.05 bits per heavy atom. The lowest BCUT2D eigenvalue weighted by Crippen LogP contribution is -2.23. The number of hydrogen-bond donors (Lipinski definition) is 0. The largest absolute Gasteiger partial charge is 0.361 e. The van der Waals surface area contributed by atoms with E-state index in [9.17, 15) is 4.39 Å². The zero-order chi connectivity index (χ0) is 14.1. The Morgan fingerprint density at radius 1 is 1.30 bits per heavy atom. The fourth-order valence-electron chi connectivity index (χ4n) is 3.13. The number of aryl methyl sites for hydroxylation is 2. The van der Waals surface area contributed by atoms with Gasteiger partial charge in [-0.2, -0.15) is 0 Å². The maximum atomic E-state index is 13.0. The van der Waals surface area contributed by atoms with E-state index in [0.717, 1.165) is 36.5 Å². The van der Waals surface area contributed by atoms with Gasteiger partial charge in [0.1, 0.15) is 11.6 Å².